The molecule has 0 heterocycles. The van der Waals surface area contributed by atoms with Gasteiger partial charge in [-0.1, -0.05) is 0 Å². The van der Waals surface area contributed by atoms with E-state index >= 15 is 0 Å². The number of rotatable bonds is 4. The summed E-state index contributed by atoms with van der Waals surface area (Å²) in [5.41, 5.74) is 30.5. The predicted octanol–water partition coefficient (Wildman–Crippen LogP) is 5.30. The third-order valence-corrected chi connectivity index (χ3v) is 11.1. The molecular formula is C10H15GeN9. The molecule has 0 amide bonds. The van der Waals surface area contributed by atoms with E-state index < -0.39 is 18.2 Å². The van der Waals surface area contributed by atoms with Crippen LogP contribution in [0, 0.1) is 0 Å². The predicted molar refractivity (Wildman–Crippen MR) is 78.3 cm³/mol. The fourth-order valence-electron chi connectivity index (χ4n) is 2.64. The van der Waals surface area contributed by atoms with Gasteiger partial charge in [-0.15, -0.1) is 0 Å². The summed E-state index contributed by atoms with van der Waals surface area (Å²) in [5, 5.41) is 0. The summed E-state index contributed by atoms with van der Waals surface area (Å²) in [6.45, 7) is 9.52. The zero-order chi connectivity index (χ0) is 15.6. The molecule has 0 saturated carbocycles. The molecule has 0 aliphatic heterocycles. The minimum absolute atomic E-state index is 0.793. The molecular weight excluding hydrogens is 319 g/mol. The van der Waals surface area contributed by atoms with E-state index in [4.69, 9.17) is 16.6 Å². The summed E-state index contributed by atoms with van der Waals surface area (Å²) in [7, 11) is 0. The van der Waals surface area contributed by atoms with Crippen molar-refractivity contribution in [3.05, 3.63) is 53.6 Å². The van der Waals surface area contributed by atoms with E-state index in [2.05, 4.69) is 26.9 Å². The Labute approximate surface area is 119 Å². The van der Waals surface area contributed by atoms with Crippen LogP contribution in [-0.2, 0) is 0 Å². The van der Waals surface area contributed by atoms with Crippen molar-refractivity contribution in [3.8, 4) is 0 Å². The summed E-state index contributed by atoms with van der Waals surface area (Å²) in [5.74, 6) is 0. The maximum atomic E-state index is 8.84. The molecule has 0 radical (unpaired) electrons. The quantitative estimate of drug-likeness (QED) is 0.284. The third-order valence-electron chi connectivity index (χ3n) is 4.41. The second kappa shape index (κ2) is 5.52. The van der Waals surface area contributed by atoms with Gasteiger partial charge in [0.15, 0.2) is 0 Å². The first kappa shape index (κ1) is 16.0. The summed E-state index contributed by atoms with van der Waals surface area (Å²) in [4.78, 5) is 8.36. The van der Waals surface area contributed by atoms with Crippen molar-refractivity contribution in [1.82, 2.24) is 0 Å². The fraction of sp³-hybridized carbons (Fsp3) is 0.600. The van der Waals surface area contributed by atoms with Crippen LogP contribution in [0.2, 0.25) is 4.25 Å². The fourth-order valence-corrected chi connectivity index (χ4v) is 7.84. The molecule has 0 unspecified atom stereocenters. The monoisotopic (exact) mass is 335 g/mol. The average molecular weight is 334 g/mol. The van der Waals surface area contributed by atoms with Crippen LogP contribution >= 0.6 is 0 Å². The molecule has 1 aliphatic carbocycles. The van der Waals surface area contributed by atoms with Crippen molar-refractivity contribution in [3.63, 3.8) is 0 Å². The van der Waals surface area contributed by atoms with Gasteiger partial charge in [-0.05, 0) is 0 Å². The maximum absolute atomic E-state index is 8.84. The van der Waals surface area contributed by atoms with Gasteiger partial charge in [0.2, 0.25) is 0 Å². The zero-order valence-corrected chi connectivity index (χ0v) is 14.1. The Hall–Kier alpha value is -2.05. The van der Waals surface area contributed by atoms with Gasteiger partial charge in [-0.2, -0.15) is 0 Å². The molecule has 0 spiro atoms. The zero-order valence-electron chi connectivity index (χ0n) is 12.0. The van der Waals surface area contributed by atoms with Gasteiger partial charge in [0.25, 0.3) is 0 Å². The molecule has 0 saturated heterocycles. The molecule has 10 heteroatoms. The number of hydrogen-bond donors (Lipinski definition) is 0. The SMILES string of the molecule is CC1=C(C)[C](C)([Ge]([N]=[N+]=[N-])([N]=[N+]=[N-])[N]=[N+]=[N-])C(C)=C1C. The molecule has 0 fully saturated rings. The van der Waals surface area contributed by atoms with E-state index in [9.17, 15) is 0 Å². The van der Waals surface area contributed by atoms with Crippen molar-refractivity contribution < 1.29 is 0 Å². The molecule has 0 N–H and O–H groups in total. The topological polar surface area (TPSA) is 146 Å². The summed E-state index contributed by atoms with van der Waals surface area (Å²) in [6, 6.07) is 0. The van der Waals surface area contributed by atoms with E-state index in [0.717, 1.165) is 22.3 Å². The van der Waals surface area contributed by atoms with Crippen LogP contribution in [-0.4, -0.2) is 13.9 Å². The van der Waals surface area contributed by atoms with Crippen LogP contribution in [0.15, 0.2) is 34.5 Å². The van der Waals surface area contributed by atoms with E-state index in [-0.39, 0.29) is 0 Å². The van der Waals surface area contributed by atoms with Crippen LogP contribution in [0.25, 0.3) is 31.3 Å². The van der Waals surface area contributed by atoms with Crippen molar-refractivity contribution in [2.24, 2.45) is 12.2 Å². The first-order valence-corrected chi connectivity index (χ1v) is 9.73. The van der Waals surface area contributed by atoms with Crippen molar-refractivity contribution >= 4 is 13.9 Å². The summed E-state index contributed by atoms with van der Waals surface area (Å²) in [6.07, 6.45) is 0. The first-order chi connectivity index (χ1) is 9.32. The molecule has 20 heavy (non-hydrogen) atoms. The first-order valence-electron chi connectivity index (χ1n) is 5.87. The normalized spacial score (nSPS) is 19.6. The third kappa shape index (κ3) is 1.93. The van der Waals surface area contributed by atoms with Gasteiger partial charge in [0, 0.05) is 0 Å². The average Bonchev–Trinajstić information content (AvgIpc) is 2.56. The number of azide groups is 1. The second-order valence-corrected chi connectivity index (χ2v) is 10.9. The van der Waals surface area contributed by atoms with Crippen molar-refractivity contribution in [2.75, 3.05) is 0 Å². The number of allylic oxidation sites excluding steroid dienone is 4. The molecule has 1 rings (SSSR count). The summed E-state index contributed by atoms with van der Waals surface area (Å²) < 4.78 is 10.4. The van der Waals surface area contributed by atoms with Gasteiger partial charge in [0.05, 0.1) is 0 Å². The Balaban J connectivity index is 3.87. The van der Waals surface area contributed by atoms with Crippen LogP contribution < -0.4 is 0 Å². The van der Waals surface area contributed by atoms with E-state index in [1.54, 1.807) is 0 Å². The number of nitrogens with zero attached hydrogens (tertiary/aromatic N) is 9. The molecule has 1 aliphatic rings. The molecule has 0 aromatic carbocycles. The van der Waals surface area contributed by atoms with E-state index in [1.807, 2.05) is 34.6 Å². The van der Waals surface area contributed by atoms with Gasteiger partial charge in [-0.25, -0.2) is 0 Å². The molecule has 0 atom stereocenters. The van der Waals surface area contributed by atoms with Crippen molar-refractivity contribution in [1.29, 1.82) is 0 Å². The van der Waals surface area contributed by atoms with Crippen LogP contribution in [0.4, 0.5) is 0 Å². The standard InChI is InChI=1S/C10H15GeN9/c1-6-7(2)9(4)10(5,8(6)3)11(15-18-12,16-19-13)17-20-14/h1-5H3. The van der Waals surface area contributed by atoms with E-state index in [1.165, 1.54) is 0 Å². The molecule has 9 nitrogen and oxygen atoms in total. The van der Waals surface area contributed by atoms with Crippen LogP contribution in [0.5, 0.6) is 0 Å². The minimum atomic E-state index is -4.31. The van der Waals surface area contributed by atoms with Crippen LogP contribution in [0.3, 0.4) is 0 Å². The Morgan fingerprint density at radius 1 is 0.800 bits per heavy atom. The van der Waals surface area contributed by atoms with Crippen LogP contribution in [0.1, 0.15) is 34.6 Å². The Morgan fingerprint density at radius 2 is 1.10 bits per heavy atom. The molecule has 0 aromatic heterocycles. The Morgan fingerprint density at radius 3 is 1.35 bits per heavy atom. The van der Waals surface area contributed by atoms with Gasteiger partial charge in [-0.3, -0.25) is 0 Å². The van der Waals surface area contributed by atoms with Crippen molar-refractivity contribution in [2.45, 2.75) is 38.9 Å². The molecule has 104 valence electrons. The molecule has 0 bridgehead atoms. The van der Waals surface area contributed by atoms with E-state index in [0.29, 0.717) is 0 Å². The second-order valence-electron chi connectivity index (χ2n) is 4.83. The number of hydrogen-bond acceptors (Lipinski definition) is 3. The summed E-state index contributed by atoms with van der Waals surface area (Å²) >= 11 is -4.31. The van der Waals surface area contributed by atoms with Gasteiger partial charge >= 0.3 is 119 Å². The molecule has 0 aromatic rings. The van der Waals surface area contributed by atoms with Gasteiger partial charge in [0.1, 0.15) is 0 Å². The van der Waals surface area contributed by atoms with Gasteiger partial charge < -0.3 is 0 Å². The Kier molecular flexibility index (Phi) is 4.42. The Bertz CT molecular complexity index is 585.